The van der Waals surface area contributed by atoms with Gasteiger partial charge in [0.25, 0.3) is 5.91 Å². The zero-order chi connectivity index (χ0) is 19.5. The van der Waals surface area contributed by atoms with Crippen LogP contribution in [0.1, 0.15) is 29.8 Å². The molecule has 28 heavy (non-hydrogen) atoms. The number of nitrogens with zero attached hydrogens (tertiary/aromatic N) is 3. The summed E-state index contributed by atoms with van der Waals surface area (Å²) in [4.78, 5) is 17.6. The zero-order valence-electron chi connectivity index (χ0n) is 16.6. The minimum Gasteiger partial charge on any atom is -0.355 e. The van der Waals surface area contributed by atoms with Crippen LogP contribution in [0.25, 0.3) is 5.52 Å². The molecule has 146 valence electrons. The molecule has 0 saturated carbocycles. The lowest BCUT2D eigenvalue weighted by Crippen LogP contribution is -2.49. The molecule has 4 rings (SSSR count). The van der Waals surface area contributed by atoms with Crippen LogP contribution in [0.5, 0.6) is 0 Å². The van der Waals surface area contributed by atoms with Crippen LogP contribution in [0.4, 0.5) is 5.82 Å². The van der Waals surface area contributed by atoms with Crippen LogP contribution >= 0.6 is 0 Å². The molecular formula is C23H28N4O. The van der Waals surface area contributed by atoms with Crippen LogP contribution in [0.2, 0.25) is 0 Å². The standard InChI is InChI=1S/C23H28N4O/c1-18(2)25-12-14-26(15-13-25)22-11-10-21-9-8-20(17-27(21)22)23(28)24-16-19-6-4-3-5-7-19/h3-11,17-18H,12-16H2,1-2H3,(H,24,28). The Labute approximate surface area is 166 Å². The number of rotatable bonds is 5. The van der Waals surface area contributed by atoms with Gasteiger partial charge in [-0.3, -0.25) is 9.69 Å². The van der Waals surface area contributed by atoms with E-state index in [0.29, 0.717) is 18.2 Å². The Bertz CT molecular complexity index is 940. The van der Waals surface area contributed by atoms with Crippen molar-refractivity contribution in [2.75, 3.05) is 31.1 Å². The maximum atomic E-state index is 12.6. The third kappa shape index (κ3) is 3.90. The van der Waals surface area contributed by atoms with E-state index in [9.17, 15) is 4.79 Å². The number of nitrogens with one attached hydrogen (secondary N) is 1. The predicted molar refractivity (Wildman–Crippen MR) is 114 cm³/mol. The molecule has 0 spiro atoms. The fraction of sp³-hybridized carbons (Fsp3) is 0.348. The third-order valence-electron chi connectivity index (χ3n) is 5.56. The van der Waals surface area contributed by atoms with E-state index in [2.05, 4.69) is 45.5 Å². The summed E-state index contributed by atoms with van der Waals surface area (Å²) in [5.74, 6) is 1.12. The van der Waals surface area contributed by atoms with Gasteiger partial charge in [-0.1, -0.05) is 30.3 Å². The quantitative estimate of drug-likeness (QED) is 0.742. The minimum atomic E-state index is -0.0463. The number of amides is 1. The van der Waals surface area contributed by atoms with E-state index in [0.717, 1.165) is 43.1 Å². The van der Waals surface area contributed by atoms with Gasteiger partial charge in [-0.15, -0.1) is 0 Å². The highest BCUT2D eigenvalue weighted by molar-refractivity contribution is 5.94. The number of hydrogen-bond donors (Lipinski definition) is 1. The van der Waals surface area contributed by atoms with Crippen molar-refractivity contribution in [1.82, 2.24) is 14.6 Å². The number of carbonyl (C=O) groups excluding carboxylic acids is 1. The summed E-state index contributed by atoms with van der Waals surface area (Å²) in [5, 5.41) is 3.02. The average molecular weight is 377 g/mol. The van der Waals surface area contributed by atoms with E-state index in [1.54, 1.807) is 0 Å². The lowest BCUT2D eigenvalue weighted by Gasteiger charge is -2.37. The van der Waals surface area contributed by atoms with Gasteiger partial charge < -0.3 is 14.6 Å². The Balaban J connectivity index is 1.49. The van der Waals surface area contributed by atoms with E-state index in [1.807, 2.05) is 48.7 Å². The van der Waals surface area contributed by atoms with Gasteiger partial charge >= 0.3 is 0 Å². The molecule has 5 heteroatoms. The lowest BCUT2D eigenvalue weighted by molar-refractivity contribution is 0.0950. The summed E-state index contributed by atoms with van der Waals surface area (Å²) in [6.07, 6.45) is 1.96. The molecule has 3 aromatic rings. The molecule has 1 aliphatic heterocycles. The summed E-state index contributed by atoms with van der Waals surface area (Å²) in [7, 11) is 0. The third-order valence-corrected chi connectivity index (χ3v) is 5.56. The summed E-state index contributed by atoms with van der Waals surface area (Å²) in [5.41, 5.74) is 2.89. The highest BCUT2D eigenvalue weighted by atomic mass is 16.1. The van der Waals surface area contributed by atoms with Gasteiger partial charge in [0, 0.05) is 50.5 Å². The summed E-state index contributed by atoms with van der Waals surface area (Å²) >= 11 is 0. The van der Waals surface area contributed by atoms with Gasteiger partial charge in [0.1, 0.15) is 5.82 Å². The van der Waals surface area contributed by atoms with Crippen LogP contribution in [0.15, 0.2) is 60.8 Å². The van der Waals surface area contributed by atoms with Gasteiger partial charge in [-0.25, -0.2) is 0 Å². The molecule has 0 atom stereocenters. The van der Waals surface area contributed by atoms with Crippen LogP contribution < -0.4 is 10.2 Å². The largest absolute Gasteiger partial charge is 0.355 e. The van der Waals surface area contributed by atoms with Crippen molar-refractivity contribution in [3.63, 3.8) is 0 Å². The van der Waals surface area contributed by atoms with E-state index < -0.39 is 0 Å². The van der Waals surface area contributed by atoms with Crippen LogP contribution in [0.3, 0.4) is 0 Å². The number of fused-ring (bicyclic) bond motifs is 1. The topological polar surface area (TPSA) is 40.0 Å². The van der Waals surface area contributed by atoms with Crippen molar-refractivity contribution < 1.29 is 4.79 Å². The first-order valence-corrected chi connectivity index (χ1v) is 10.0. The molecule has 1 aromatic carbocycles. The van der Waals surface area contributed by atoms with E-state index >= 15 is 0 Å². The number of aromatic nitrogens is 1. The van der Waals surface area contributed by atoms with Crippen molar-refractivity contribution in [1.29, 1.82) is 0 Å². The summed E-state index contributed by atoms with van der Waals surface area (Å²) < 4.78 is 2.14. The lowest BCUT2D eigenvalue weighted by atomic mass is 10.2. The second-order valence-corrected chi connectivity index (χ2v) is 7.69. The molecule has 3 heterocycles. The van der Waals surface area contributed by atoms with E-state index in [1.165, 1.54) is 0 Å². The highest BCUT2D eigenvalue weighted by Gasteiger charge is 2.21. The van der Waals surface area contributed by atoms with Crippen molar-refractivity contribution >= 4 is 17.2 Å². The van der Waals surface area contributed by atoms with E-state index in [-0.39, 0.29) is 5.91 Å². The van der Waals surface area contributed by atoms with Gasteiger partial charge in [-0.05, 0) is 43.7 Å². The Morgan fingerprint density at radius 2 is 1.68 bits per heavy atom. The number of carbonyl (C=O) groups is 1. The van der Waals surface area contributed by atoms with Crippen molar-refractivity contribution in [2.45, 2.75) is 26.4 Å². The number of piperazine rings is 1. The van der Waals surface area contributed by atoms with Gasteiger partial charge in [0.15, 0.2) is 0 Å². The molecule has 1 fully saturated rings. The SMILES string of the molecule is CC(C)N1CCN(c2ccc3ccc(C(=O)NCc4ccccc4)cn23)CC1. The van der Waals surface area contributed by atoms with Gasteiger partial charge in [0.05, 0.1) is 5.56 Å². The second-order valence-electron chi connectivity index (χ2n) is 7.69. The van der Waals surface area contributed by atoms with Crippen LogP contribution in [-0.4, -0.2) is 47.4 Å². The predicted octanol–water partition coefficient (Wildman–Crippen LogP) is 3.40. The van der Waals surface area contributed by atoms with E-state index in [4.69, 9.17) is 0 Å². The molecule has 1 N–H and O–H groups in total. The first-order valence-electron chi connectivity index (χ1n) is 10.0. The van der Waals surface area contributed by atoms with Crippen molar-refractivity contribution in [3.05, 3.63) is 71.9 Å². The number of pyridine rings is 1. The second kappa shape index (κ2) is 8.07. The average Bonchev–Trinajstić information content (AvgIpc) is 3.16. The maximum Gasteiger partial charge on any atom is 0.253 e. The van der Waals surface area contributed by atoms with Crippen molar-refractivity contribution in [2.24, 2.45) is 0 Å². The Morgan fingerprint density at radius 3 is 2.39 bits per heavy atom. The molecule has 5 nitrogen and oxygen atoms in total. The molecule has 0 bridgehead atoms. The molecule has 1 aliphatic rings. The molecule has 0 unspecified atom stereocenters. The number of hydrogen-bond acceptors (Lipinski definition) is 3. The van der Waals surface area contributed by atoms with Crippen molar-refractivity contribution in [3.8, 4) is 0 Å². The molecule has 1 saturated heterocycles. The molecule has 1 amide bonds. The number of benzene rings is 1. The van der Waals surface area contributed by atoms with Gasteiger partial charge in [-0.2, -0.15) is 0 Å². The minimum absolute atomic E-state index is 0.0463. The first kappa shape index (κ1) is 18.6. The van der Waals surface area contributed by atoms with Crippen LogP contribution in [-0.2, 0) is 6.54 Å². The Morgan fingerprint density at radius 1 is 0.964 bits per heavy atom. The summed E-state index contributed by atoms with van der Waals surface area (Å²) in [6.45, 7) is 9.20. The normalized spacial score (nSPS) is 15.3. The zero-order valence-corrected chi connectivity index (χ0v) is 16.6. The first-order chi connectivity index (χ1) is 13.6. The monoisotopic (exact) mass is 376 g/mol. The Hall–Kier alpha value is -2.79. The highest BCUT2D eigenvalue weighted by Crippen LogP contribution is 2.22. The smallest absolute Gasteiger partial charge is 0.253 e. The summed E-state index contributed by atoms with van der Waals surface area (Å²) in [6, 6.07) is 18.8. The Kier molecular flexibility index (Phi) is 5.35. The maximum absolute atomic E-state index is 12.6. The fourth-order valence-corrected chi connectivity index (χ4v) is 3.83. The molecule has 2 aromatic heterocycles. The number of anilines is 1. The molecular weight excluding hydrogens is 348 g/mol. The molecule has 0 radical (unpaired) electrons. The van der Waals surface area contributed by atoms with Gasteiger partial charge in [0.2, 0.25) is 0 Å². The van der Waals surface area contributed by atoms with Crippen LogP contribution in [0, 0.1) is 0 Å². The fourth-order valence-electron chi connectivity index (χ4n) is 3.83. The molecule has 0 aliphatic carbocycles.